The molecular weight excluding hydrogens is 361 g/mol. The van der Waals surface area contributed by atoms with E-state index in [4.69, 9.17) is 5.73 Å². The number of halogens is 3. The van der Waals surface area contributed by atoms with Gasteiger partial charge in [0.05, 0.1) is 22.6 Å². The van der Waals surface area contributed by atoms with Crippen molar-refractivity contribution in [1.29, 1.82) is 0 Å². The highest BCUT2D eigenvalue weighted by Gasteiger charge is 2.68. The molecule has 1 aromatic rings. The molecule has 2 unspecified atom stereocenters. The van der Waals surface area contributed by atoms with Gasteiger partial charge >= 0.3 is 6.18 Å². The lowest BCUT2D eigenvalue weighted by atomic mass is 9.70. The Labute approximate surface area is 155 Å². The average molecular weight is 384 g/mol. The van der Waals surface area contributed by atoms with Crippen molar-refractivity contribution in [2.24, 2.45) is 11.1 Å². The number of carbonyl (C=O) groups excluding carboxylic acids is 1. The quantitative estimate of drug-likeness (QED) is 0.765. The van der Waals surface area contributed by atoms with Crippen molar-refractivity contribution in [3.8, 4) is 0 Å². The fourth-order valence-corrected chi connectivity index (χ4v) is 5.03. The Bertz CT molecular complexity index is 769. The summed E-state index contributed by atoms with van der Waals surface area (Å²) in [6.07, 6.45) is -1.65. The molecule has 1 amide bonds. The van der Waals surface area contributed by atoms with Crippen LogP contribution in [-0.4, -0.2) is 58.2 Å². The second-order valence-electron chi connectivity index (χ2n) is 8.09. The van der Waals surface area contributed by atoms with Crippen molar-refractivity contribution in [3.63, 3.8) is 0 Å². The van der Waals surface area contributed by atoms with E-state index in [1.54, 1.807) is 16.7 Å². The molecule has 9 heteroatoms. The van der Waals surface area contributed by atoms with Crippen LogP contribution in [0, 0.1) is 5.41 Å². The zero-order valence-corrected chi connectivity index (χ0v) is 15.0. The molecular formula is C18H23F3N4O2. The number of aliphatic hydroxyl groups is 1. The molecule has 2 saturated heterocycles. The van der Waals surface area contributed by atoms with Gasteiger partial charge < -0.3 is 20.6 Å². The van der Waals surface area contributed by atoms with E-state index in [0.717, 1.165) is 18.3 Å². The van der Waals surface area contributed by atoms with Gasteiger partial charge in [-0.05, 0) is 38.3 Å². The van der Waals surface area contributed by atoms with Gasteiger partial charge in [-0.1, -0.05) is 0 Å². The molecule has 3 heterocycles. The molecule has 148 valence electrons. The van der Waals surface area contributed by atoms with E-state index in [2.05, 4.69) is 4.98 Å². The molecule has 0 aromatic carbocycles. The maximum atomic E-state index is 13.1. The third-order valence-corrected chi connectivity index (χ3v) is 6.62. The SMILES string of the molecule is CC1(O)C2CN(c3cc(C(F)(F)F)ccn3)CCN2C(=O)[C@]12CC[C@@H](N)C2. The van der Waals surface area contributed by atoms with Crippen LogP contribution in [0.25, 0.3) is 0 Å². The second-order valence-corrected chi connectivity index (χ2v) is 8.09. The first-order valence-corrected chi connectivity index (χ1v) is 9.13. The van der Waals surface area contributed by atoms with Gasteiger partial charge in [0.1, 0.15) is 5.82 Å². The number of alkyl halides is 3. The number of hydrogen-bond donors (Lipinski definition) is 2. The number of nitrogens with two attached hydrogens (primary N) is 1. The number of carbonyl (C=O) groups is 1. The molecule has 1 saturated carbocycles. The second kappa shape index (κ2) is 5.81. The third-order valence-electron chi connectivity index (χ3n) is 6.62. The largest absolute Gasteiger partial charge is 0.416 e. The van der Waals surface area contributed by atoms with E-state index in [-0.39, 0.29) is 24.3 Å². The van der Waals surface area contributed by atoms with Crippen LogP contribution in [0.15, 0.2) is 18.3 Å². The number of aromatic nitrogens is 1. The van der Waals surface area contributed by atoms with Gasteiger partial charge in [-0.15, -0.1) is 0 Å². The lowest BCUT2D eigenvalue weighted by molar-refractivity contribution is -0.140. The van der Waals surface area contributed by atoms with E-state index in [9.17, 15) is 23.1 Å². The summed E-state index contributed by atoms with van der Waals surface area (Å²) in [6.45, 7) is 2.62. The summed E-state index contributed by atoms with van der Waals surface area (Å²) in [6, 6.07) is 1.33. The zero-order chi connectivity index (χ0) is 19.6. The van der Waals surface area contributed by atoms with Crippen LogP contribution in [0.4, 0.5) is 19.0 Å². The van der Waals surface area contributed by atoms with Gasteiger partial charge in [-0.2, -0.15) is 13.2 Å². The number of hydrogen-bond acceptors (Lipinski definition) is 5. The molecule has 1 spiro atoms. The van der Waals surface area contributed by atoms with Crippen LogP contribution in [0.3, 0.4) is 0 Å². The molecule has 1 aromatic heterocycles. The highest BCUT2D eigenvalue weighted by Crippen LogP contribution is 2.55. The van der Waals surface area contributed by atoms with Crippen LogP contribution in [-0.2, 0) is 11.0 Å². The fourth-order valence-electron chi connectivity index (χ4n) is 5.03. The number of fused-ring (bicyclic) bond motifs is 1. The molecule has 4 atom stereocenters. The molecule has 3 fully saturated rings. The summed E-state index contributed by atoms with van der Waals surface area (Å²) in [7, 11) is 0. The number of nitrogens with zero attached hydrogens (tertiary/aromatic N) is 3. The molecule has 2 aliphatic heterocycles. The Kier molecular flexibility index (Phi) is 3.98. The van der Waals surface area contributed by atoms with Gasteiger partial charge in [0.15, 0.2) is 0 Å². The first-order chi connectivity index (χ1) is 12.6. The Morgan fingerprint density at radius 3 is 2.74 bits per heavy atom. The first-order valence-electron chi connectivity index (χ1n) is 9.13. The topological polar surface area (TPSA) is 82.7 Å². The summed E-state index contributed by atoms with van der Waals surface area (Å²) in [5.74, 6) is 0.124. The molecule has 3 aliphatic rings. The van der Waals surface area contributed by atoms with Crippen molar-refractivity contribution in [2.45, 2.75) is 50.0 Å². The maximum absolute atomic E-state index is 13.1. The molecule has 4 rings (SSSR count). The predicted octanol–water partition coefficient (Wildman–Crippen LogP) is 1.38. The van der Waals surface area contributed by atoms with Crippen molar-refractivity contribution in [2.75, 3.05) is 24.5 Å². The van der Waals surface area contributed by atoms with Crippen LogP contribution >= 0.6 is 0 Å². The van der Waals surface area contributed by atoms with Gasteiger partial charge in [-0.25, -0.2) is 4.98 Å². The Balaban J connectivity index is 1.63. The minimum Gasteiger partial charge on any atom is -0.387 e. The summed E-state index contributed by atoms with van der Waals surface area (Å²) in [5, 5.41) is 11.3. The Hall–Kier alpha value is -1.87. The molecule has 0 bridgehead atoms. The summed E-state index contributed by atoms with van der Waals surface area (Å²) < 4.78 is 39.0. The number of pyridine rings is 1. The van der Waals surface area contributed by atoms with E-state index in [1.165, 1.54) is 0 Å². The van der Waals surface area contributed by atoms with Gasteiger partial charge in [0.2, 0.25) is 5.91 Å². The van der Waals surface area contributed by atoms with E-state index >= 15 is 0 Å². The van der Waals surface area contributed by atoms with Crippen LogP contribution in [0.1, 0.15) is 31.7 Å². The van der Waals surface area contributed by atoms with Crippen LogP contribution in [0.2, 0.25) is 0 Å². The maximum Gasteiger partial charge on any atom is 0.416 e. The lowest BCUT2D eigenvalue weighted by Gasteiger charge is -2.43. The highest BCUT2D eigenvalue weighted by molar-refractivity contribution is 5.88. The van der Waals surface area contributed by atoms with Gasteiger partial charge in [0.25, 0.3) is 0 Å². The molecule has 1 aliphatic carbocycles. The fraction of sp³-hybridized carbons (Fsp3) is 0.667. The van der Waals surface area contributed by atoms with E-state index < -0.39 is 28.8 Å². The minimum atomic E-state index is -4.45. The summed E-state index contributed by atoms with van der Waals surface area (Å²) in [5.41, 5.74) is 3.08. The molecule has 6 nitrogen and oxygen atoms in total. The summed E-state index contributed by atoms with van der Waals surface area (Å²) >= 11 is 0. The monoisotopic (exact) mass is 384 g/mol. The lowest BCUT2D eigenvalue weighted by Crippen LogP contribution is -2.58. The van der Waals surface area contributed by atoms with Crippen molar-refractivity contribution in [1.82, 2.24) is 9.88 Å². The van der Waals surface area contributed by atoms with E-state index in [1.807, 2.05) is 0 Å². The highest BCUT2D eigenvalue weighted by atomic mass is 19.4. The van der Waals surface area contributed by atoms with Crippen LogP contribution < -0.4 is 10.6 Å². The van der Waals surface area contributed by atoms with Gasteiger partial charge in [0, 0.05) is 31.9 Å². The number of amides is 1. The van der Waals surface area contributed by atoms with Crippen molar-refractivity contribution >= 4 is 11.7 Å². The van der Waals surface area contributed by atoms with Crippen LogP contribution in [0.5, 0.6) is 0 Å². The minimum absolute atomic E-state index is 0.0814. The smallest absolute Gasteiger partial charge is 0.387 e. The van der Waals surface area contributed by atoms with Gasteiger partial charge in [-0.3, -0.25) is 4.79 Å². The number of anilines is 1. The number of piperazine rings is 1. The first kappa shape index (κ1) is 18.5. The third kappa shape index (κ3) is 2.62. The van der Waals surface area contributed by atoms with Crippen molar-refractivity contribution < 1.29 is 23.1 Å². The summed E-state index contributed by atoms with van der Waals surface area (Å²) in [4.78, 5) is 20.6. The van der Waals surface area contributed by atoms with E-state index in [0.29, 0.717) is 32.4 Å². The Morgan fingerprint density at radius 1 is 1.37 bits per heavy atom. The molecule has 0 radical (unpaired) electrons. The van der Waals surface area contributed by atoms with Crippen molar-refractivity contribution in [3.05, 3.63) is 23.9 Å². The zero-order valence-electron chi connectivity index (χ0n) is 15.0. The normalized spacial score (nSPS) is 36.6. The average Bonchev–Trinajstić information content (AvgIpc) is 3.09. The standard InChI is InChI=1S/C18H23F3N4O2/c1-16(27)13-10-24(14-8-11(3-5-23-14)18(19,20)21)6-7-25(13)15(26)17(16)4-2-12(22)9-17/h3,5,8,12-13,27H,2,4,6-7,9-10,22H2,1H3/t12-,13?,16?,17-/m1/s1. The molecule has 27 heavy (non-hydrogen) atoms. The Morgan fingerprint density at radius 2 is 2.11 bits per heavy atom. The number of rotatable bonds is 1. The molecule has 3 N–H and O–H groups in total. The predicted molar refractivity (Wildman–Crippen MR) is 91.8 cm³/mol.